The number of sulfonamides is 1. The van der Waals surface area contributed by atoms with Crippen molar-refractivity contribution in [2.45, 2.75) is 17.0 Å². The zero-order valence-electron chi connectivity index (χ0n) is 17.3. The van der Waals surface area contributed by atoms with Gasteiger partial charge in [0.2, 0.25) is 5.91 Å². The third kappa shape index (κ3) is 5.09. The highest BCUT2D eigenvalue weighted by molar-refractivity contribution is 8.00. The average molecular weight is 464 g/mol. The molecular weight excluding hydrogens is 442 g/mol. The number of amides is 1. The SMILES string of the molecule is Cc1ccc(S(=O)(=O)NC(=O)CSc2nc(-c3ccccc3)c(-c3ccccc3)[nH]2)cc1. The Labute approximate surface area is 191 Å². The van der Waals surface area contributed by atoms with Crippen LogP contribution in [0.15, 0.2) is 95.0 Å². The fraction of sp³-hybridized carbons (Fsp3) is 0.0833. The molecule has 1 heterocycles. The first-order valence-corrected chi connectivity index (χ1v) is 12.4. The molecule has 162 valence electrons. The zero-order valence-corrected chi connectivity index (χ0v) is 18.9. The number of hydrogen-bond acceptors (Lipinski definition) is 5. The molecule has 0 atom stereocenters. The Bertz CT molecular complexity index is 1260. The molecule has 0 aliphatic heterocycles. The van der Waals surface area contributed by atoms with Gasteiger partial charge in [-0.1, -0.05) is 90.1 Å². The number of carbonyl (C=O) groups is 1. The molecule has 3 aromatic carbocycles. The number of hydrogen-bond donors (Lipinski definition) is 2. The maximum absolute atomic E-state index is 12.4. The van der Waals surface area contributed by atoms with Crippen LogP contribution in [-0.2, 0) is 14.8 Å². The molecule has 0 aliphatic rings. The number of H-pyrrole nitrogens is 1. The highest BCUT2D eigenvalue weighted by Crippen LogP contribution is 2.32. The minimum absolute atomic E-state index is 0.0529. The quantitative estimate of drug-likeness (QED) is 0.389. The van der Waals surface area contributed by atoms with Gasteiger partial charge in [0, 0.05) is 11.1 Å². The van der Waals surface area contributed by atoms with E-state index in [1.807, 2.05) is 67.6 Å². The van der Waals surface area contributed by atoms with Crippen molar-refractivity contribution in [1.82, 2.24) is 14.7 Å². The number of carbonyl (C=O) groups excluding carboxylic acids is 1. The van der Waals surface area contributed by atoms with Crippen molar-refractivity contribution < 1.29 is 13.2 Å². The third-order valence-electron chi connectivity index (χ3n) is 4.71. The van der Waals surface area contributed by atoms with E-state index in [9.17, 15) is 13.2 Å². The van der Waals surface area contributed by atoms with Gasteiger partial charge in [0.25, 0.3) is 10.0 Å². The summed E-state index contributed by atoms with van der Waals surface area (Å²) in [5.74, 6) is -0.712. The summed E-state index contributed by atoms with van der Waals surface area (Å²) in [4.78, 5) is 20.4. The van der Waals surface area contributed by atoms with Crippen molar-refractivity contribution >= 4 is 27.7 Å². The van der Waals surface area contributed by atoms with Crippen LogP contribution in [0.1, 0.15) is 5.56 Å². The van der Waals surface area contributed by atoms with Crippen LogP contribution in [-0.4, -0.2) is 30.0 Å². The largest absolute Gasteiger partial charge is 0.332 e. The van der Waals surface area contributed by atoms with Crippen LogP contribution < -0.4 is 4.72 Å². The first-order chi connectivity index (χ1) is 15.4. The summed E-state index contributed by atoms with van der Waals surface area (Å²) < 4.78 is 27.0. The Kier molecular flexibility index (Phi) is 6.43. The van der Waals surface area contributed by atoms with Crippen molar-refractivity contribution in [1.29, 1.82) is 0 Å². The Morgan fingerprint density at radius 2 is 1.50 bits per heavy atom. The van der Waals surface area contributed by atoms with Crippen LogP contribution in [0.5, 0.6) is 0 Å². The van der Waals surface area contributed by atoms with Crippen molar-refractivity contribution in [2.75, 3.05) is 5.75 Å². The third-order valence-corrected chi connectivity index (χ3v) is 6.97. The topological polar surface area (TPSA) is 91.9 Å². The number of imidazole rings is 1. The Hall–Kier alpha value is -3.36. The van der Waals surface area contributed by atoms with Gasteiger partial charge < -0.3 is 4.98 Å². The van der Waals surface area contributed by atoms with Gasteiger partial charge in [0.15, 0.2) is 5.16 Å². The smallest absolute Gasteiger partial charge is 0.264 e. The van der Waals surface area contributed by atoms with E-state index < -0.39 is 15.9 Å². The first-order valence-electron chi connectivity index (χ1n) is 9.88. The fourth-order valence-electron chi connectivity index (χ4n) is 3.13. The maximum Gasteiger partial charge on any atom is 0.264 e. The lowest BCUT2D eigenvalue weighted by Crippen LogP contribution is -2.31. The second-order valence-corrected chi connectivity index (χ2v) is 9.77. The summed E-state index contributed by atoms with van der Waals surface area (Å²) in [6.45, 7) is 1.86. The summed E-state index contributed by atoms with van der Waals surface area (Å²) in [6.07, 6.45) is 0. The number of aromatic amines is 1. The van der Waals surface area contributed by atoms with E-state index in [4.69, 9.17) is 0 Å². The van der Waals surface area contributed by atoms with Crippen molar-refractivity contribution in [3.8, 4) is 22.5 Å². The van der Waals surface area contributed by atoms with Crippen molar-refractivity contribution in [3.05, 3.63) is 90.5 Å². The second-order valence-electron chi connectivity index (χ2n) is 7.13. The van der Waals surface area contributed by atoms with Gasteiger partial charge >= 0.3 is 0 Å². The molecule has 0 radical (unpaired) electrons. The van der Waals surface area contributed by atoms with Gasteiger partial charge in [0.1, 0.15) is 0 Å². The number of thioether (sulfide) groups is 1. The van der Waals surface area contributed by atoms with E-state index in [1.54, 1.807) is 12.1 Å². The molecular formula is C24H21N3O3S2. The molecule has 0 spiro atoms. The van der Waals surface area contributed by atoms with Crippen LogP contribution in [0.3, 0.4) is 0 Å². The van der Waals surface area contributed by atoms with Gasteiger partial charge in [-0.15, -0.1) is 0 Å². The maximum atomic E-state index is 12.4. The van der Waals surface area contributed by atoms with Gasteiger partial charge in [-0.3, -0.25) is 4.79 Å². The number of rotatable bonds is 7. The predicted molar refractivity (Wildman–Crippen MR) is 127 cm³/mol. The number of aromatic nitrogens is 2. The molecule has 4 aromatic rings. The van der Waals surface area contributed by atoms with Crippen LogP contribution in [0, 0.1) is 6.92 Å². The van der Waals surface area contributed by atoms with Gasteiger partial charge in [-0.2, -0.15) is 0 Å². The summed E-state index contributed by atoms with van der Waals surface area (Å²) in [6, 6.07) is 25.9. The second kappa shape index (κ2) is 9.42. The molecule has 0 saturated heterocycles. The Balaban J connectivity index is 1.51. The molecule has 32 heavy (non-hydrogen) atoms. The van der Waals surface area contributed by atoms with Crippen molar-refractivity contribution in [2.24, 2.45) is 0 Å². The number of nitrogens with zero attached hydrogens (tertiary/aromatic N) is 1. The number of aryl methyl sites for hydroxylation is 1. The first kappa shape index (κ1) is 21.9. The number of benzene rings is 3. The Morgan fingerprint density at radius 3 is 2.12 bits per heavy atom. The highest BCUT2D eigenvalue weighted by atomic mass is 32.2. The van der Waals surface area contributed by atoms with Crippen LogP contribution in [0.4, 0.5) is 0 Å². The minimum atomic E-state index is -3.91. The van der Waals surface area contributed by atoms with Crippen LogP contribution >= 0.6 is 11.8 Å². The molecule has 0 aliphatic carbocycles. The van der Waals surface area contributed by atoms with Gasteiger partial charge in [-0.25, -0.2) is 18.1 Å². The predicted octanol–water partition coefficient (Wildman–Crippen LogP) is 4.65. The molecule has 0 saturated carbocycles. The molecule has 0 fully saturated rings. The molecule has 4 rings (SSSR count). The zero-order chi connectivity index (χ0) is 22.6. The molecule has 6 nitrogen and oxygen atoms in total. The van der Waals surface area contributed by atoms with E-state index >= 15 is 0 Å². The lowest BCUT2D eigenvalue weighted by Gasteiger charge is -2.06. The summed E-state index contributed by atoms with van der Waals surface area (Å²) in [5, 5.41) is 0.533. The molecule has 8 heteroatoms. The van der Waals surface area contributed by atoms with Crippen molar-refractivity contribution in [3.63, 3.8) is 0 Å². The van der Waals surface area contributed by atoms with Gasteiger partial charge in [0.05, 0.1) is 22.0 Å². The molecule has 0 unspecified atom stereocenters. The van der Waals surface area contributed by atoms with E-state index in [0.29, 0.717) is 5.16 Å². The molecule has 2 N–H and O–H groups in total. The molecule has 0 bridgehead atoms. The van der Waals surface area contributed by atoms with Crippen LogP contribution in [0.2, 0.25) is 0 Å². The normalized spacial score (nSPS) is 11.3. The van der Waals surface area contributed by atoms with E-state index in [-0.39, 0.29) is 10.6 Å². The number of nitrogens with one attached hydrogen (secondary N) is 2. The van der Waals surface area contributed by atoms with Gasteiger partial charge in [-0.05, 0) is 19.1 Å². The Morgan fingerprint density at radius 1 is 0.906 bits per heavy atom. The lowest BCUT2D eigenvalue weighted by atomic mass is 10.1. The highest BCUT2D eigenvalue weighted by Gasteiger charge is 2.19. The summed E-state index contributed by atoms with van der Waals surface area (Å²) in [7, 11) is -3.91. The van der Waals surface area contributed by atoms with E-state index in [0.717, 1.165) is 39.8 Å². The lowest BCUT2D eigenvalue weighted by molar-refractivity contribution is -0.116. The molecule has 1 amide bonds. The summed E-state index contributed by atoms with van der Waals surface area (Å²) in [5.41, 5.74) is 4.46. The fourth-order valence-corrected chi connectivity index (χ4v) is 4.87. The van der Waals surface area contributed by atoms with E-state index in [1.165, 1.54) is 12.1 Å². The summed E-state index contributed by atoms with van der Waals surface area (Å²) >= 11 is 1.15. The van der Waals surface area contributed by atoms with Crippen LogP contribution in [0.25, 0.3) is 22.5 Å². The minimum Gasteiger partial charge on any atom is -0.332 e. The standard InChI is InChI=1S/C24H21N3O3S2/c1-17-12-14-20(15-13-17)32(29,30)27-21(28)16-31-24-25-22(18-8-4-2-5-9-18)23(26-24)19-10-6-3-7-11-19/h2-15H,16H2,1H3,(H,25,26)(H,27,28). The monoisotopic (exact) mass is 463 g/mol. The average Bonchev–Trinajstić information content (AvgIpc) is 3.23. The molecule has 1 aromatic heterocycles. The van der Waals surface area contributed by atoms with E-state index in [2.05, 4.69) is 14.7 Å².